The van der Waals surface area contributed by atoms with Crippen LogP contribution in [0.3, 0.4) is 0 Å². The summed E-state index contributed by atoms with van der Waals surface area (Å²) in [6.07, 6.45) is 1.03. The van der Waals surface area contributed by atoms with Crippen molar-refractivity contribution in [3.8, 4) is 0 Å². The molecule has 0 aliphatic rings. The molecule has 2 N–H and O–H groups in total. The summed E-state index contributed by atoms with van der Waals surface area (Å²) < 4.78 is 0. The molecule has 0 heterocycles. The van der Waals surface area contributed by atoms with Gasteiger partial charge >= 0.3 is 0 Å². The minimum Gasteiger partial charge on any atom is -0.355 e. The van der Waals surface area contributed by atoms with E-state index in [1.165, 1.54) is 11.1 Å². The molecule has 0 aliphatic heterocycles. The lowest BCUT2D eigenvalue weighted by molar-refractivity contribution is -0.117. The highest BCUT2D eigenvalue weighted by atomic mass is 16.2. The smallest absolute Gasteiger partial charge is 0.251 e. The molecule has 5 nitrogen and oxygen atoms in total. The molecule has 0 spiro atoms. The quantitative estimate of drug-likeness (QED) is 0.815. The van der Waals surface area contributed by atoms with Crippen LogP contribution in [0.4, 0.5) is 5.69 Å². The molecular weight excluding hydrogens is 314 g/mol. The van der Waals surface area contributed by atoms with Crippen LogP contribution in [0.25, 0.3) is 0 Å². The molecule has 0 fully saturated rings. The first-order valence-electron chi connectivity index (χ1n) is 8.40. The summed E-state index contributed by atoms with van der Waals surface area (Å²) in [6, 6.07) is 15.3. The molecule has 0 radical (unpaired) electrons. The second kappa shape index (κ2) is 8.99. The number of aryl methyl sites for hydroxylation is 1. The molecule has 0 atom stereocenters. The van der Waals surface area contributed by atoms with E-state index in [-0.39, 0.29) is 11.8 Å². The Hall–Kier alpha value is -2.66. The molecule has 0 bridgehead atoms. The maximum absolute atomic E-state index is 12.2. The second-order valence-electron chi connectivity index (χ2n) is 6.05. The molecule has 2 rings (SSSR count). The summed E-state index contributed by atoms with van der Waals surface area (Å²) in [5, 5.41) is 5.41. The molecule has 2 amide bonds. The molecule has 0 unspecified atom stereocenters. The second-order valence-corrected chi connectivity index (χ2v) is 6.05. The number of hydrogen-bond donors (Lipinski definition) is 2. The van der Waals surface area contributed by atoms with Gasteiger partial charge in [-0.3, -0.25) is 14.5 Å². The lowest BCUT2D eigenvalue weighted by Gasteiger charge is -2.16. The van der Waals surface area contributed by atoms with E-state index in [4.69, 9.17) is 0 Å². The van der Waals surface area contributed by atoms with Crippen LogP contribution >= 0.6 is 0 Å². The van der Waals surface area contributed by atoms with Crippen molar-refractivity contribution in [1.82, 2.24) is 10.2 Å². The minimum atomic E-state index is -0.147. The molecule has 25 heavy (non-hydrogen) atoms. The highest BCUT2D eigenvalue weighted by Crippen LogP contribution is 2.10. The van der Waals surface area contributed by atoms with Gasteiger partial charge in [0.1, 0.15) is 0 Å². The number of carbonyl (C=O) groups is 2. The van der Waals surface area contributed by atoms with Gasteiger partial charge in [0.15, 0.2) is 0 Å². The molecule has 0 aliphatic carbocycles. The van der Waals surface area contributed by atoms with Gasteiger partial charge in [-0.05, 0) is 48.9 Å². The molecule has 132 valence electrons. The monoisotopic (exact) mass is 339 g/mol. The van der Waals surface area contributed by atoms with Crippen molar-refractivity contribution in [3.63, 3.8) is 0 Å². The number of amides is 2. The first kappa shape index (κ1) is 18.7. The third kappa shape index (κ3) is 5.72. The number of nitrogens with one attached hydrogen (secondary N) is 2. The fraction of sp³-hybridized carbons (Fsp3) is 0.300. The number of benzene rings is 2. The van der Waals surface area contributed by atoms with E-state index in [0.29, 0.717) is 24.3 Å². The average molecular weight is 339 g/mol. The summed E-state index contributed by atoms with van der Waals surface area (Å²) >= 11 is 0. The van der Waals surface area contributed by atoms with Gasteiger partial charge in [0, 0.05) is 24.8 Å². The van der Waals surface area contributed by atoms with E-state index >= 15 is 0 Å². The van der Waals surface area contributed by atoms with Crippen LogP contribution in [0.2, 0.25) is 0 Å². The Labute approximate surface area is 149 Å². The van der Waals surface area contributed by atoms with Crippen molar-refractivity contribution in [2.45, 2.75) is 19.9 Å². The average Bonchev–Trinajstić information content (AvgIpc) is 2.62. The van der Waals surface area contributed by atoms with Crippen LogP contribution in [-0.2, 0) is 17.8 Å². The summed E-state index contributed by atoms with van der Waals surface area (Å²) in [5.74, 6) is -0.230. The number of rotatable bonds is 7. The third-order valence-electron chi connectivity index (χ3n) is 3.96. The molecule has 2 aromatic carbocycles. The third-order valence-corrected chi connectivity index (χ3v) is 3.96. The summed E-state index contributed by atoms with van der Waals surface area (Å²) in [7, 11) is 3.51. The fourth-order valence-electron chi connectivity index (χ4n) is 2.54. The van der Waals surface area contributed by atoms with Crippen molar-refractivity contribution < 1.29 is 9.59 Å². The first-order valence-corrected chi connectivity index (χ1v) is 8.40. The van der Waals surface area contributed by atoms with Crippen molar-refractivity contribution in [1.29, 1.82) is 0 Å². The Kier molecular flexibility index (Phi) is 6.71. The standard InChI is InChI=1S/C20H25N3O2/c1-4-15-5-7-16(8-6-15)13-23(3)14-19(24)22-18-11-9-17(10-12-18)20(25)21-2/h5-12H,4,13-14H2,1-3H3,(H,21,25)(H,22,24). The topological polar surface area (TPSA) is 61.4 Å². The lowest BCUT2D eigenvalue weighted by atomic mass is 10.1. The van der Waals surface area contributed by atoms with E-state index in [1.54, 1.807) is 31.3 Å². The minimum absolute atomic E-state index is 0.0830. The fourth-order valence-corrected chi connectivity index (χ4v) is 2.54. The van der Waals surface area contributed by atoms with Crippen molar-refractivity contribution in [2.24, 2.45) is 0 Å². The Morgan fingerprint density at radius 1 is 0.960 bits per heavy atom. The van der Waals surface area contributed by atoms with Crippen LogP contribution in [-0.4, -0.2) is 37.4 Å². The summed E-state index contributed by atoms with van der Waals surface area (Å²) in [4.78, 5) is 25.6. The van der Waals surface area contributed by atoms with E-state index < -0.39 is 0 Å². The van der Waals surface area contributed by atoms with Gasteiger partial charge in [-0.25, -0.2) is 0 Å². The molecule has 5 heteroatoms. The van der Waals surface area contributed by atoms with Gasteiger partial charge in [0.25, 0.3) is 5.91 Å². The Balaban J connectivity index is 1.85. The van der Waals surface area contributed by atoms with Gasteiger partial charge in [-0.1, -0.05) is 31.2 Å². The van der Waals surface area contributed by atoms with Crippen LogP contribution in [0.5, 0.6) is 0 Å². The lowest BCUT2D eigenvalue weighted by Crippen LogP contribution is -2.29. The Morgan fingerprint density at radius 3 is 2.12 bits per heavy atom. The van der Waals surface area contributed by atoms with Gasteiger partial charge in [0.05, 0.1) is 6.54 Å². The summed E-state index contributed by atoms with van der Waals surface area (Å²) in [5.41, 5.74) is 3.73. The Bertz CT molecular complexity index is 709. The van der Waals surface area contributed by atoms with Gasteiger partial charge in [-0.15, -0.1) is 0 Å². The van der Waals surface area contributed by atoms with E-state index in [2.05, 4.69) is 41.8 Å². The number of likely N-dealkylation sites (N-methyl/N-ethyl adjacent to an activating group) is 1. The number of carbonyl (C=O) groups excluding carboxylic acids is 2. The van der Waals surface area contributed by atoms with E-state index in [9.17, 15) is 9.59 Å². The van der Waals surface area contributed by atoms with E-state index in [1.807, 2.05) is 11.9 Å². The van der Waals surface area contributed by atoms with Crippen LogP contribution in [0, 0.1) is 0 Å². The van der Waals surface area contributed by atoms with Crippen molar-refractivity contribution in [2.75, 3.05) is 26.0 Å². The SMILES string of the molecule is CCc1ccc(CN(C)CC(=O)Nc2ccc(C(=O)NC)cc2)cc1. The molecular formula is C20H25N3O2. The molecule has 2 aromatic rings. The zero-order valence-electron chi connectivity index (χ0n) is 15.0. The maximum Gasteiger partial charge on any atom is 0.251 e. The largest absolute Gasteiger partial charge is 0.355 e. The molecule has 0 saturated heterocycles. The zero-order chi connectivity index (χ0) is 18.2. The molecule has 0 saturated carbocycles. The number of anilines is 1. The van der Waals surface area contributed by atoms with Gasteiger partial charge < -0.3 is 10.6 Å². The predicted molar refractivity (Wildman–Crippen MR) is 101 cm³/mol. The zero-order valence-corrected chi connectivity index (χ0v) is 15.0. The van der Waals surface area contributed by atoms with Gasteiger partial charge in [0.2, 0.25) is 5.91 Å². The predicted octanol–water partition coefficient (Wildman–Crippen LogP) is 2.68. The van der Waals surface area contributed by atoms with Gasteiger partial charge in [-0.2, -0.15) is 0 Å². The van der Waals surface area contributed by atoms with Crippen LogP contribution in [0.1, 0.15) is 28.4 Å². The molecule has 0 aromatic heterocycles. The normalized spacial score (nSPS) is 10.6. The summed E-state index contributed by atoms with van der Waals surface area (Å²) in [6.45, 7) is 3.15. The van der Waals surface area contributed by atoms with E-state index in [0.717, 1.165) is 6.42 Å². The highest BCUT2D eigenvalue weighted by molar-refractivity contribution is 5.96. The highest BCUT2D eigenvalue weighted by Gasteiger charge is 2.09. The first-order chi connectivity index (χ1) is 12.0. The van der Waals surface area contributed by atoms with Crippen molar-refractivity contribution >= 4 is 17.5 Å². The van der Waals surface area contributed by atoms with Crippen LogP contribution < -0.4 is 10.6 Å². The maximum atomic E-state index is 12.2. The van der Waals surface area contributed by atoms with Crippen molar-refractivity contribution in [3.05, 3.63) is 65.2 Å². The Morgan fingerprint density at radius 2 is 1.56 bits per heavy atom. The van der Waals surface area contributed by atoms with Crippen LogP contribution in [0.15, 0.2) is 48.5 Å². The number of hydrogen-bond acceptors (Lipinski definition) is 3. The number of nitrogens with zero attached hydrogens (tertiary/aromatic N) is 1.